The summed E-state index contributed by atoms with van der Waals surface area (Å²) in [5.74, 6) is 0.132. The van der Waals surface area contributed by atoms with E-state index in [0.29, 0.717) is 6.54 Å². The molecule has 1 fully saturated rings. The molecule has 4 atom stereocenters. The topological polar surface area (TPSA) is 137 Å². The second kappa shape index (κ2) is 7.19. The van der Waals surface area contributed by atoms with Gasteiger partial charge in [-0.05, 0) is 5.56 Å². The molecule has 0 spiro atoms. The largest absolute Gasteiger partial charge is 0.394 e. The van der Waals surface area contributed by atoms with Crippen molar-refractivity contribution in [1.82, 2.24) is 9.55 Å². The maximum Gasteiger partial charge on any atom is 0.332 e. The summed E-state index contributed by atoms with van der Waals surface area (Å²) in [5.41, 5.74) is -0.482. The van der Waals surface area contributed by atoms with Crippen molar-refractivity contribution in [1.29, 1.82) is 0 Å². The highest BCUT2D eigenvalue weighted by Crippen LogP contribution is 2.30. The van der Waals surface area contributed by atoms with Crippen molar-refractivity contribution in [2.24, 2.45) is 0 Å². The summed E-state index contributed by atoms with van der Waals surface area (Å²) >= 11 is 0. The highest BCUT2D eigenvalue weighted by atomic mass is 16.6. The maximum absolute atomic E-state index is 12.2. The molecular formula is C16H19N3O6. The van der Waals surface area contributed by atoms with Crippen LogP contribution in [0.5, 0.6) is 0 Å². The summed E-state index contributed by atoms with van der Waals surface area (Å²) in [6, 6.07) is 10.5. The first-order valence-corrected chi connectivity index (χ1v) is 7.77. The fraction of sp³-hybridized carbons (Fsp3) is 0.375. The van der Waals surface area contributed by atoms with Crippen LogP contribution in [0.3, 0.4) is 0 Å². The van der Waals surface area contributed by atoms with Gasteiger partial charge in [-0.15, -0.1) is 0 Å². The van der Waals surface area contributed by atoms with E-state index in [1.54, 1.807) is 0 Å². The highest BCUT2D eigenvalue weighted by molar-refractivity contribution is 5.36. The molecule has 0 amide bonds. The Balaban J connectivity index is 1.93. The zero-order valence-electron chi connectivity index (χ0n) is 13.2. The molecule has 9 heteroatoms. The summed E-state index contributed by atoms with van der Waals surface area (Å²) in [5, 5.41) is 32.2. The molecule has 0 aliphatic carbocycles. The third kappa shape index (κ3) is 3.49. The van der Waals surface area contributed by atoms with Gasteiger partial charge in [-0.25, -0.2) is 9.36 Å². The zero-order valence-corrected chi connectivity index (χ0v) is 13.2. The molecule has 1 aromatic heterocycles. The van der Waals surface area contributed by atoms with Crippen LogP contribution in [0.25, 0.3) is 0 Å². The molecular weight excluding hydrogens is 330 g/mol. The third-order valence-electron chi connectivity index (χ3n) is 4.06. The standard InChI is InChI=1S/C16H19N3O6/c20-8-10-13(22)14(23)15(25-10)19-11(6-12(21)18-16(19)24)17-7-9-4-2-1-3-5-9/h1-6,10,13-15,17,20,22-23H,7-8H2,(H,18,21,24)/t10-,13-,14-,15-/m1/s1. The first-order valence-electron chi connectivity index (χ1n) is 7.77. The van der Waals surface area contributed by atoms with E-state index >= 15 is 0 Å². The third-order valence-corrected chi connectivity index (χ3v) is 4.06. The number of ether oxygens (including phenoxy) is 1. The summed E-state index contributed by atoms with van der Waals surface area (Å²) in [7, 11) is 0. The summed E-state index contributed by atoms with van der Waals surface area (Å²) < 4.78 is 6.41. The van der Waals surface area contributed by atoms with Crippen molar-refractivity contribution in [3.63, 3.8) is 0 Å². The number of aliphatic hydroxyl groups excluding tert-OH is 3. The Hall–Kier alpha value is -2.46. The second-order valence-electron chi connectivity index (χ2n) is 5.76. The number of aromatic nitrogens is 2. The Morgan fingerprint density at radius 3 is 2.52 bits per heavy atom. The van der Waals surface area contributed by atoms with Crippen LogP contribution < -0.4 is 16.6 Å². The lowest BCUT2D eigenvalue weighted by atomic mass is 10.1. The number of nitrogens with one attached hydrogen (secondary N) is 2. The van der Waals surface area contributed by atoms with Gasteiger partial charge in [0.05, 0.1) is 6.61 Å². The highest BCUT2D eigenvalue weighted by Gasteiger charge is 2.44. The Morgan fingerprint density at radius 2 is 1.88 bits per heavy atom. The van der Waals surface area contributed by atoms with Gasteiger partial charge in [-0.3, -0.25) is 9.78 Å². The first-order chi connectivity index (χ1) is 12.0. The lowest BCUT2D eigenvalue weighted by Gasteiger charge is -2.21. The molecule has 0 unspecified atom stereocenters. The molecule has 25 heavy (non-hydrogen) atoms. The van der Waals surface area contributed by atoms with Gasteiger partial charge in [0.25, 0.3) is 5.56 Å². The molecule has 134 valence electrons. The number of hydrogen-bond acceptors (Lipinski definition) is 7. The minimum absolute atomic E-state index is 0.132. The normalized spacial score (nSPS) is 25.9. The number of H-pyrrole nitrogens is 1. The van der Waals surface area contributed by atoms with E-state index in [0.717, 1.165) is 10.1 Å². The number of aromatic amines is 1. The lowest BCUT2D eigenvalue weighted by molar-refractivity contribution is -0.0539. The Kier molecular flexibility index (Phi) is 5.00. The van der Waals surface area contributed by atoms with Gasteiger partial charge in [0.2, 0.25) is 0 Å². The molecule has 0 saturated carbocycles. The fourth-order valence-electron chi connectivity index (χ4n) is 2.78. The fourth-order valence-corrected chi connectivity index (χ4v) is 2.78. The van der Waals surface area contributed by atoms with Crippen molar-refractivity contribution < 1.29 is 20.1 Å². The molecule has 1 aliphatic heterocycles. The summed E-state index contributed by atoms with van der Waals surface area (Å²) in [4.78, 5) is 26.0. The first kappa shape index (κ1) is 17.4. The van der Waals surface area contributed by atoms with Crippen LogP contribution in [0.2, 0.25) is 0 Å². The van der Waals surface area contributed by atoms with Crippen LogP contribution in [0.1, 0.15) is 11.8 Å². The summed E-state index contributed by atoms with van der Waals surface area (Å²) in [6.45, 7) is -0.182. The van der Waals surface area contributed by atoms with E-state index in [-0.39, 0.29) is 5.82 Å². The van der Waals surface area contributed by atoms with E-state index in [4.69, 9.17) is 4.74 Å². The maximum atomic E-state index is 12.2. The van der Waals surface area contributed by atoms with Crippen LogP contribution in [0.4, 0.5) is 5.82 Å². The van der Waals surface area contributed by atoms with Crippen LogP contribution in [-0.4, -0.2) is 49.8 Å². The van der Waals surface area contributed by atoms with Gasteiger partial charge >= 0.3 is 5.69 Å². The lowest BCUT2D eigenvalue weighted by Crippen LogP contribution is -2.39. The van der Waals surface area contributed by atoms with E-state index in [1.165, 1.54) is 6.07 Å². The van der Waals surface area contributed by atoms with Gasteiger partial charge in [0.1, 0.15) is 24.1 Å². The van der Waals surface area contributed by atoms with Crippen molar-refractivity contribution in [3.05, 3.63) is 62.8 Å². The molecule has 2 heterocycles. The van der Waals surface area contributed by atoms with E-state index in [1.807, 2.05) is 30.3 Å². The molecule has 1 saturated heterocycles. The average Bonchev–Trinajstić information content (AvgIpc) is 2.88. The van der Waals surface area contributed by atoms with Crippen molar-refractivity contribution >= 4 is 5.82 Å². The van der Waals surface area contributed by atoms with Crippen molar-refractivity contribution in [2.75, 3.05) is 11.9 Å². The van der Waals surface area contributed by atoms with Crippen LogP contribution >= 0.6 is 0 Å². The number of benzene rings is 1. The minimum atomic E-state index is -1.43. The SMILES string of the molecule is O=c1cc(NCc2ccccc2)n([C@@H]2O[C@H](CO)[C@@H](O)[C@H]2O)c(=O)[nH]1. The number of rotatable bonds is 5. The average molecular weight is 349 g/mol. The van der Waals surface area contributed by atoms with Crippen LogP contribution in [0, 0.1) is 0 Å². The van der Waals surface area contributed by atoms with Gasteiger partial charge in [-0.2, -0.15) is 0 Å². The number of aliphatic hydroxyl groups is 3. The molecule has 5 N–H and O–H groups in total. The van der Waals surface area contributed by atoms with E-state index in [2.05, 4.69) is 10.3 Å². The Labute approximate surface area is 142 Å². The summed E-state index contributed by atoms with van der Waals surface area (Å²) in [6.07, 6.45) is -5.05. The number of hydrogen-bond donors (Lipinski definition) is 5. The molecule has 0 radical (unpaired) electrons. The smallest absolute Gasteiger partial charge is 0.332 e. The van der Waals surface area contributed by atoms with Crippen LogP contribution in [0.15, 0.2) is 46.0 Å². The second-order valence-corrected chi connectivity index (χ2v) is 5.76. The monoisotopic (exact) mass is 349 g/mol. The van der Waals surface area contributed by atoms with Gasteiger partial charge in [0, 0.05) is 12.6 Å². The predicted octanol–water partition coefficient (Wildman–Crippen LogP) is -1.24. The molecule has 1 aliphatic rings. The Bertz CT molecular complexity index is 834. The zero-order chi connectivity index (χ0) is 18.0. The van der Waals surface area contributed by atoms with Crippen molar-refractivity contribution in [2.45, 2.75) is 31.1 Å². The molecule has 0 bridgehead atoms. The van der Waals surface area contributed by atoms with E-state index < -0.39 is 42.4 Å². The minimum Gasteiger partial charge on any atom is -0.394 e. The van der Waals surface area contributed by atoms with Gasteiger partial charge in [-0.1, -0.05) is 30.3 Å². The number of nitrogens with zero attached hydrogens (tertiary/aromatic N) is 1. The molecule has 3 rings (SSSR count). The van der Waals surface area contributed by atoms with Gasteiger partial charge < -0.3 is 25.4 Å². The molecule has 9 nitrogen and oxygen atoms in total. The Morgan fingerprint density at radius 1 is 1.16 bits per heavy atom. The molecule has 2 aromatic rings. The van der Waals surface area contributed by atoms with E-state index in [9.17, 15) is 24.9 Å². The number of anilines is 1. The van der Waals surface area contributed by atoms with Crippen LogP contribution in [-0.2, 0) is 11.3 Å². The quantitative estimate of drug-likeness (QED) is 0.455. The molecule has 1 aromatic carbocycles. The van der Waals surface area contributed by atoms with Crippen molar-refractivity contribution in [3.8, 4) is 0 Å². The predicted molar refractivity (Wildman–Crippen MR) is 88.1 cm³/mol. The van der Waals surface area contributed by atoms with Gasteiger partial charge in [0.15, 0.2) is 6.23 Å².